The lowest BCUT2D eigenvalue weighted by molar-refractivity contribution is -0.142. The van der Waals surface area contributed by atoms with Gasteiger partial charge in [0.15, 0.2) is 0 Å². The lowest BCUT2D eigenvalue weighted by atomic mass is 10.2. The maximum Gasteiger partial charge on any atom is 0.319 e. The molecule has 19 heavy (non-hydrogen) atoms. The predicted molar refractivity (Wildman–Crippen MR) is 80.4 cm³/mol. The summed E-state index contributed by atoms with van der Waals surface area (Å²) in [5, 5.41) is 3.18. The number of thioether (sulfide) groups is 1. The highest BCUT2D eigenvalue weighted by Gasteiger charge is 2.18. The van der Waals surface area contributed by atoms with Gasteiger partial charge in [0.05, 0.1) is 6.61 Å². The van der Waals surface area contributed by atoms with Gasteiger partial charge in [-0.15, -0.1) is 11.8 Å². The van der Waals surface area contributed by atoms with E-state index >= 15 is 0 Å². The molecule has 0 saturated heterocycles. The second-order valence-electron chi connectivity index (χ2n) is 4.19. The van der Waals surface area contributed by atoms with E-state index in [2.05, 4.69) is 36.5 Å². The summed E-state index contributed by atoms with van der Waals surface area (Å²) in [7, 11) is 0. The Morgan fingerprint density at radius 2 is 1.95 bits per heavy atom. The van der Waals surface area contributed by atoms with Crippen molar-refractivity contribution in [1.82, 2.24) is 5.32 Å². The Morgan fingerprint density at radius 1 is 1.26 bits per heavy atom. The molecule has 0 saturated carbocycles. The number of hydrogen-bond acceptors (Lipinski definition) is 4. The maximum absolute atomic E-state index is 11.7. The van der Waals surface area contributed by atoms with Crippen LogP contribution in [0.2, 0.25) is 0 Å². The molecule has 0 bridgehead atoms. The zero-order valence-electron chi connectivity index (χ0n) is 11.9. The monoisotopic (exact) mass is 281 g/mol. The molecule has 0 aliphatic carbocycles. The highest BCUT2D eigenvalue weighted by Crippen LogP contribution is 2.26. The van der Waals surface area contributed by atoms with Crippen LogP contribution < -0.4 is 5.32 Å². The van der Waals surface area contributed by atoms with Gasteiger partial charge in [-0.3, -0.25) is 4.79 Å². The average molecular weight is 281 g/mol. The summed E-state index contributed by atoms with van der Waals surface area (Å²) in [5.41, 5.74) is 1.26. The topological polar surface area (TPSA) is 38.3 Å². The van der Waals surface area contributed by atoms with Gasteiger partial charge in [0.1, 0.15) is 5.25 Å². The Bertz CT molecular complexity index is 378. The Labute approximate surface area is 120 Å². The summed E-state index contributed by atoms with van der Waals surface area (Å²) in [4.78, 5) is 12.8. The molecular formula is C15H23NO2S. The molecule has 0 spiro atoms. The highest BCUT2D eigenvalue weighted by molar-refractivity contribution is 8.00. The molecule has 0 aliphatic rings. The van der Waals surface area contributed by atoms with Crippen molar-refractivity contribution >= 4 is 17.7 Å². The van der Waals surface area contributed by atoms with E-state index < -0.39 is 0 Å². The van der Waals surface area contributed by atoms with Gasteiger partial charge in [-0.1, -0.05) is 26.0 Å². The largest absolute Gasteiger partial charge is 0.465 e. The second-order valence-corrected chi connectivity index (χ2v) is 5.47. The molecule has 0 heterocycles. The fourth-order valence-electron chi connectivity index (χ4n) is 1.65. The third-order valence-electron chi connectivity index (χ3n) is 2.70. The Hall–Kier alpha value is -1.00. The number of benzene rings is 1. The molecule has 106 valence electrons. The van der Waals surface area contributed by atoms with Crippen LogP contribution in [0.3, 0.4) is 0 Å². The molecule has 0 amide bonds. The molecule has 1 aromatic rings. The van der Waals surface area contributed by atoms with Gasteiger partial charge >= 0.3 is 5.97 Å². The SMILES string of the molecule is CCNCc1ccc(SC(CC)C(=O)OCC)cc1. The van der Waals surface area contributed by atoms with Crippen LogP contribution in [0.25, 0.3) is 0 Å². The van der Waals surface area contributed by atoms with Gasteiger partial charge < -0.3 is 10.1 Å². The van der Waals surface area contributed by atoms with Crippen LogP contribution in [0.5, 0.6) is 0 Å². The minimum atomic E-state index is -0.119. The summed E-state index contributed by atoms with van der Waals surface area (Å²) >= 11 is 1.57. The number of esters is 1. The normalized spacial score (nSPS) is 12.2. The zero-order valence-corrected chi connectivity index (χ0v) is 12.8. The Balaban J connectivity index is 2.57. The number of nitrogens with one attached hydrogen (secondary N) is 1. The van der Waals surface area contributed by atoms with Gasteiger partial charge in [0.25, 0.3) is 0 Å². The fraction of sp³-hybridized carbons (Fsp3) is 0.533. The quantitative estimate of drug-likeness (QED) is 0.586. The van der Waals surface area contributed by atoms with E-state index in [0.717, 1.165) is 24.4 Å². The number of carbonyl (C=O) groups is 1. The van der Waals surface area contributed by atoms with Gasteiger partial charge in [0.2, 0.25) is 0 Å². The van der Waals surface area contributed by atoms with Crippen molar-refractivity contribution in [2.75, 3.05) is 13.2 Å². The van der Waals surface area contributed by atoms with Gasteiger partial charge in [-0.2, -0.15) is 0 Å². The predicted octanol–water partition coefficient (Wildman–Crippen LogP) is 3.23. The van der Waals surface area contributed by atoms with Crippen molar-refractivity contribution in [3.05, 3.63) is 29.8 Å². The van der Waals surface area contributed by atoms with E-state index in [-0.39, 0.29) is 11.2 Å². The van der Waals surface area contributed by atoms with Crippen LogP contribution in [0.1, 0.15) is 32.8 Å². The van der Waals surface area contributed by atoms with Crippen molar-refractivity contribution in [3.8, 4) is 0 Å². The van der Waals surface area contributed by atoms with E-state index in [1.165, 1.54) is 5.56 Å². The summed E-state index contributed by atoms with van der Waals surface area (Å²) in [6, 6.07) is 8.34. The summed E-state index contributed by atoms with van der Waals surface area (Å²) < 4.78 is 5.07. The van der Waals surface area contributed by atoms with Crippen LogP contribution in [0, 0.1) is 0 Å². The van der Waals surface area contributed by atoms with Crippen LogP contribution in [0.4, 0.5) is 0 Å². The molecule has 4 heteroatoms. The first-order valence-electron chi connectivity index (χ1n) is 6.84. The molecule has 0 fully saturated rings. The Morgan fingerprint density at radius 3 is 2.47 bits per heavy atom. The molecule has 0 radical (unpaired) electrons. The molecule has 1 rings (SSSR count). The molecule has 1 N–H and O–H groups in total. The number of rotatable bonds is 8. The minimum absolute atomic E-state index is 0.112. The van der Waals surface area contributed by atoms with E-state index in [1.807, 2.05) is 13.8 Å². The van der Waals surface area contributed by atoms with Crippen LogP contribution in [0.15, 0.2) is 29.2 Å². The van der Waals surface area contributed by atoms with Gasteiger partial charge in [-0.25, -0.2) is 0 Å². The van der Waals surface area contributed by atoms with E-state index in [9.17, 15) is 4.79 Å². The maximum atomic E-state index is 11.7. The molecule has 1 aromatic carbocycles. The molecular weight excluding hydrogens is 258 g/mol. The molecule has 0 aliphatic heterocycles. The summed E-state index contributed by atoms with van der Waals surface area (Å²) in [6.45, 7) is 8.24. The lowest BCUT2D eigenvalue weighted by Gasteiger charge is -2.13. The first-order valence-corrected chi connectivity index (χ1v) is 7.72. The fourth-order valence-corrected chi connectivity index (χ4v) is 2.61. The van der Waals surface area contributed by atoms with Crippen molar-refractivity contribution < 1.29 is 9.53 Å². The standard InChI is InChI=1S/C15H23NO2S/c1-4-14(15(17)18-6-3)19-13-9-7-12(8-10-13)11-16-5-2/h7-10,14,16H,4-6,11H2,1-3H3. The van der Waals surface area contributed by atoms with E-state index in [4.69, 9.17) is 4.74 Å². The zero-order chi connectivity index (χ0) is 14.1. The molecule has 1 unspecified atom stereocenters. The molecule has 0 aromatic heterocycles. The average Bonchev–Trinajstić information content (AvgIpc) is 2.44. The number of ether oxygens (including phenoxy) is 1. The Kier molecular flexibility index (Phi) is 7.60. The smallest absolute Gasteiger partial charge is 0.319 e. The van der Waals surface area contributed by atoms with Gasteiger partial charge in [0, 0.05) is 11.4 Å². The van der Waals surface area contributed by atoms with Crippen molar-refractivity contribution in [3.63, 3.8) is 0 Å². The highest BCUT2D eigenvalue weighted by atomic mass is 32.2. The first kappa shape index (κ1) is 16.1. The lowest BCUT2D eigenvalue weighted by Crippen LogP contribution is -2.19. The van der Waals surface area contributed by atoms with Crippen LogP contribution >= 0.6 is 11.8 Å². The summed E-state index contributed by atoms with van der Waals surface area (Å²) in [5.74, 6) is -0.119. The van der Waals surface area contributed by atoms with Crippen molar-refractivity contribution in [2.45, 2.75) is 43.9 Å². The van der Waals surface area contributed by atoms with E-state index in [1.54, 1.807) is 11.8 Å². The minimum Gasteiger partial charge on any atom is -0.465 e. The second kappa shape index (κ2) is 8.99. The first-order chi connectivity index (χ1) is 9.21. The number of hydrogen-bond donors (Lipinski definition) is 1. The molecule has 1 atom stereocenters. The third kappa shape index (κ3) is 5.66. The van der Waals surface area contributed by atoms with Crippen molar-refractivity contribution in [2.24, 2.45) is 0 Å². The number of carbonyl (C=O) groups excluding carboxylic acids is 1. The van der Waals surface area contributed by atoms with Crippen LogP contribution in [-0.4, -0.2) is 24.4 Å². The van der Waals surface area contributed by atoms with Crippen molar-refractivity contribution in [1.29, 1.82) is 0 Å². The van der Waals surface area contributed by atoms with E-state index in [0.29, 0.717) is 6.61 Å². The van der Waals surface area contributed by atoms with Crippen LogP contribution in [-0.2, 0) is 16.1 Å². The summed E-state index contributed by atoms with van der Waals surface area (Å²) in [6.07, 6.45) is 0.780. The molecule has 3 nitrogen and oxygen atoms in total. The van der Waals surface area contributed by atoms with Gasteiger partial charge in [-0.05, 0) is 37.6 Å². The third-order valence-corrected chi connectivity index (χ3v) is 4.06.